The molecule has 1 aliphatic heterocycles. The van der Waals surface area contributed by atoms with Gasteiger partial charge in [-0.3, -0.25) is 14.5 Å². The number of aryl methyl sites for hydroxylation is 1. The summed E-state index contributed by atoms with van der Waals surface area (Å²) in [5.74, 6) is 0.256. The Bertz CT molecular complexity index is 1310. The van der Waals surface area contributed by atoms with Crippen LogP contribution in [0.1, 0.15) is 33.3 Å². The number of aromatic nitrogens is 1. The number of amides is 1. The third-order valence-corrected chi connectivity index (χ3v) is 5.86. The van der Waals surface area contributed by atoms with E-state index in [1.54, 1.807) is 30.8 Å². The first kappa shape index (κ1) is 17.6. The summed E-state index contributed by atoms with van der Waals surface area (Å²) < 4.78 is 11.5. The molecule has 0 saturated carbocycles. The molecule has 1 aliphatic rings. The van der Waals surface area contributed by atoms with Crippen LogP contribution in [-0.2, 0) is 0 Å². The van der Waals surface area contributed by atoms with Gasteiger partial charge >= 0.3 is 0 Å². The van der Waals surface area contributed by atoms with Gasteiger partial charge in [0.2, 0.25) is 5.76 Å². The molecule has 4 aromatic rings. The summed E-state index contributed by atoms with van der Waals surface area (Å²) in [4.78, 5) is 32.7. The smallest absolute Gasteiger partial charge is 0.297 e. The Balaban J connectivity index is 1.86. The molecule has 1 unspecified atom stereocenters. The van der Waals surface area contributed by atoms with Gasteiger partial charge in [-0.1, -0.05) is 29.8 Å². The van der Waals surface area contributed by atoms with Crippen LogP contribution < -0.4 is 15.1 Å². The number of rotatable bonds is 3. The molecular weight excluding hydrogens is 388 g/mol. The number of para-hydroxylation sites is 1. The number of fused-ring (bicyclic) bond motifs is 2. The van der Waals surface area contributed by atoms with Gasteiger partial charge in [-0.25, -0.2) is 4.98 Å². The van der Waals surface area contributed by atoms with Crippen molar-refractivity contribution in [1.82, 2.24) is 4.98 Å². The van der Waals surface area contributed by atoms with Crippen molar-refractivity contribution in [2.45, 2.75) is 13.0 Å². The molecule has 29 heavy (non-hydrogen) atoms. The molecule has 0 spiro atoms. The second-order valence-corrected chi connectivity index (χ2v) is 7.68. The highest BCUT2D eigenvalue weighted by atomic mass is 32.1. The van der Waals surface area contributed by atoms with Gasteiger partial charge in [0.05, 0.1) is 18.1 Å². The molecule has 0 saturated heterocycles. The van der Waals surface area contributed by atoms with E-state index in [4.69, 9.17) is 9.15 Å². The monoisotopic (exact) mass is 404 g/mol. The van der Waals surface area contributed by atoms with Gasteiger partial charge in [-0.15, -0.1) is 11.3 Å². The molecule has 3 heterocycles. The maximum atomic E-state index is 13.5. The van der Waals surface area contributed by atoms with Crippen molar-refractivity contribution >= 4 is 33.3 Å². The molecule has 0 fully saturated rings. The first-order chi connectivity index (χ1) is 14.1. The minimum absolute atomic E-state index is 0.0532. The Morgan fingerprint density at radius 2 is 2.00 bits per heavy atom. The summed E-state index contributed by atoms with van der Waals surface area (Å²) >= 11 is 1.33. The number of hydrogen-bond acceptors (Lipinski definition) is 6. The summed E-state index contributed by atoms with van der Waals surface area (Å²) in [6, 6.07) is 12.1. The summed E-state index contributed by atoms with van der Waals surface area (Å²) in [5, 5.41) is 2.74. The number of benzene rings is 2. The predicted octanol–water partition coefficient (Wildman–Crippen LogP) is 4.32. The van der Waals surface area contributed by atoms with Gasteiger partial charge in [0.1, 0.15) is 17.4 Å². The van der Waals surface area contributed by atoms with Crippen LogP contribution in [0, 0.1) is 6.92 Å². The van der Waals surface area contributed by atoms with E-state index < -0.39 is 6.04 Å². The molecule has 1 atom stereocenters. The first-order valence-electron chi connectivity index (χ1n) is 9.03. The van der Waals surface area contributed by atoms with Crippen molar-refractivity contribution in [3.63, 3.8) is 0 Å². The number of methoxy groups -OCH3 is 1. The van der Waals surface area contributed by atoms with Crippen LogP contribution in [0.3, 0.4) is 0 Å². The fourth-order valence-electron chi connectivity index (χ4n) is 3.81. The molecule has 0 radical (unpaired) electrons. The lowest BCUT2D eigenvalue weighted by molar-refractivity contribution is 0.0971. The van der Waals surface area contributed by atoms with Crippen LogP contribution in [0.15, 0.2) is 63.3 Å². The van der Waals surface area contributed by atoms with Crippen LogP contribution in [0.4, 0.5) is 5.13 Å². The molecule has 6 nitrogen and oxygen atoms in total. The number of hydrogen-bond donors (Lipinski definition) is 0. The van der Waals surface area contributed by atoms with Crippen molar-refractivity contribution in [2.75, 3.05) is 12.0 Å². The zero-order chi connectivity index (χ0) is 20.1. The molecule has 0 aliphatic carbocycles. The highest BCUT2D eigenvalue weighted by Crippen LogP contribution is 2.44. The standard InChI is InChI=1S/C22H16N2O4S/c1-12-7-8-16-14(11-12)19(25)17-18(13-5-3-4-6-15(13)27-2)24(21(26)20(17)28-16)22-23-9-10-29-22/h3-11,18H,1-2H3. The number of carbonyl (C=O) groups is 1. The van der Waals surface area contributed by atoms with E-state index >= 15 is 0 Å². The molecule has 0 bridgehead atoms. The second kappa shape index (κ2) is 6.56. The summed E-state index contributed by atoms with van der Waals surface area (Å²) in [6.45, 7) is 1.91. The fourth-order valence-corrected chi connectivity index (χ4v) is 4.47. The highest BCUT2D eigenvalue weighted by Gasteiger charge is 2.45. The number of ether oxygens (including phenoxy) is 1. The van der Waals surface area contributed by atoms with Crippen molar-refractivity contribution in [2.24, 2.45) is 0 Å². The Morgan fingerprint density at radius 3 is 2.76 bits per heavy atom. The molecule has 2 aromatic carbocycles. The largest absolute Gasteiger partial charge is 0.496 e. The average molecular weight is 404 g/mol. The van der Waals surface area contributed by atoms with E-state index in [1.165, 1.54) is 16.2 Å². The van der Waals surface area contributed by atoms with Gasteiger partial charge in [0, 0.05) is 17.1 Å². The lowest BCUT2D eigenvalue weighted by Gasteiger charge is -2.24. The van der Waals surface area contributed by atoms with Crippen LogP contribution in [0.2, 0.25) is 0 Å². The molecule has 1 amide bonds. The number of nitrogens with zero attached hydrogens (tertiary/aromatic N) is 2. The van der Waals surface area contributed by atoms with E-state index in [2.05, 4.69) is 4.98 Å². The minimum atomic E-state index is -0.680. The molecular formula is C22H16N2O4S. The highest BCUT2D eigenvalue weighted by molar-refractivity contribution is 7.13. The van der Waals surface area contributed by atoms with Crippen LogP contribution in [0.5, 0.6) is 5.75 Å². The summed E-state index contributed by atoms with van der Waals surface area (Å²) in [6.07, 6.45) is 1.63. The normalized spacial score (nSPS) is 15.7. The quantitative estimate of drug-likeness (QED) is 0.509. The van der Waals surface area contributed by atoms with E-state index in [0.717, 1.165) is 5.56 Å². The molecule has 144 valence electrons. The van der Waals surface area contributed by atoms with Gasteiger partial charge in [-0.2, -0.15) is 0 Å². The van der Waals surface area contributed by atoms with Gasteiger partial charge in [-0.05, 0) is 25.1 Å². The molecule has 5 rings (SSSR count). The lowest BCUT2D eigenvalue weighted by atomic mass is 9.97. The van der Waals surface area contributed by atoms with Crippen LogP contribution >= 0.6 is 11.3 Å². The maximum Gasteiger partial charge on any atom is 0.297 e. The van der Waals surface area contributed by atoms with Gasteiger partial charge in [0.15, 0.2) is 10.6 Å². The zero-order valence-electron chi connectivity index (χ0n) is 15.7. The van der Waals surface area contributed by atoms with Crippen molar-refractivity contribution < 1.29 is 13.9 Å². The second-order valence-electron chi connectivity index (χ2n) is 6.81. The third-order valence-electron chi connectivity index (χ3n) is 5.08. The van der Waals surface area contributed by atoms with E-state index in [0.29, 0.717) is 33.0 Å². The number of anilines is 1. The van der Waals surface area contributed by atoms with Crippen LogP contribution in [0.25, 0.3) is 11.0 Å². The Morgan fingerprint density at radius 1 is 1.17 bits per heavy atom. The van der Waals surface area contributed by atoms with Crippen molar-refractivity contribution in [3.8, 4) is 5.75 Å². The lowest BCUT2D eigenvalue weighted by Crippen LogP contribution is -2.29. The third kappa shape index (κ3) is 2.58. The fraction of sp³-hybridized carbons (Fsp3) is 0.136. The molecule has 7 heteroatoms. The van der Waals surface area contributed by atoms with E-state index in [9.17, 15) is 9.59 Å². The topological polar surface area (TPSA) is 72.6 Å². The predicted molar refractivity (Wildman–Crippen MR) is 111 cm³/mol. The zero-order valence-corrected chi connectivity index (χ0v) is 16.5. The maximum absolute atomic E-state index is 13.5. The van der Waals surface area contributed by atoms with Crippen LogP contribution in [-0.4, -0.2) is 18.0 Å². The summed E-state index contributed by atoms with van der Waals surface area (Å²) in [7, 11) is 1.57. The van der Waals surface area contributed by atoms with Gasteiger partial charge in [0.25, 0.3) is 5.91 Å². The minimum Gasteiger partial charge on any atom is -0.496 e. The number of carbonyl (C=O) groups excluding carboxylic acids is 1. The van der Waals surface area contributed by atoms with E-state index in [1.807, 2.05) is 37.3 Å². The first-order valence-corrected chi connectivity index (χ1v) is 9.91. The van der Waals surface area contributed by atoms with Crippen molar-refractivity contribution in [3.05, 3.63) is 86.7 Å². The summed E-state index contributed by atoms with van der Waals surface area (Å²) in [5.41, 5.74) is 2.14. The molecule has 2 aromatic heterocycles. The van der Waals surface area contributed by atoms with E-state index in [-0.39, 0.29) is 17.1 Å². The number of thiazole rings is 1. The Hall–Kier alpha value is -3.45. The average Bonchev–Trinajstić information content (AvgIpc) is 3.35. The van der Waals surface area contributed by atoms with Crippen molar-refractivity contribution in [1.29, 1.82) is 0 Å². The van der Waals surface area contributed by atoms with Gasteiger partial charge < -0.3 is 9.15 Å². The Labute approximate surface area is 170 Å². The SMILES string of the molecule is COc1ccccc1C1c2c(oc3ccc(C)cc3c2=O)C(=O)N1c1nccs1. The molecule has 0 N–H and O–H groups in total. The Kier molecular flexibility index (Phi) is 3.99.